The highest BCUT2D eigenvalue weighted by atomic mass is 15.2. The normalized spacial score (nSPS) is 17.3. The Morgan fingerprint density at radius 3 is 1.89 bits per heavy atom. The van der Waals surface area contributed by atoms with Gasteiger partial charge in [-0.1, -0.05) is 66.7 Å². The lowest BCUT2D eigenvalue weighted by Crippen LogP contribution is -2.29. The highest BCUT2D eigenvalue weighted by Gasteiger charge is 2.39. The lowest BCUT2D eigenvalue weighted by molar-refractivity contribution is 0.743. The summed E-state index contributed by atoms with van der Waals surface area (Å²) < 4.78 is 4.73. The fourth-order valence-corrected chi connectivity index (χ4v) is 7.68. The van der Waals surface area contributed by atoms with E-state index < -0.39 is 0 Å². The van der Waals surface area contributed by atoms with Gasteiger partial charge in [0.15, 0.2) is 0 Å². The number of hydrogen-bond acceptors (Lipinski definition) is 3. The average Bonchev–Trinajstić information content (AvgIpc) is 3.74. The van der Waals surface area contributed by atoms with Crippen LogP contribution in [-0.2, 0) is 0 Å². The SMILES string of the molecule is C1=CC2C(C=C1n1c3ccccc3c3ncccc31)c1cc(-n3c4ccccc4c4ncccc43)ccc1N2c1ccccc1. The van der Waals surface area contributed by atoms with Gasteiger partial charge in [-0.15, -0.1) is 0 Å². The maximum Gasteiger partial charge on any atom is 0.0963 e. The van der Waals surface area contributed by atoms with Crippen LogP contribution in [0.5, 0.6) is 0 Å². The van der Waals surface area contributed by atoms with Crippen LogP contribution in [0.15, 0.2) is 152 Å². The Morgan fingerprint density at radius 1 is 0.533 bits per heavy atom. The molecular weight excluding hydrogens is 550 g/mol. The van der Waals surface area contributed by atoms with Gasteiger partial charge in [0.25, 0.3) is 0 Å². The molecule has 212 valence electrons. The third-order valence-corrected chi connectivity index (χ3v) is 9.52. The maximum absolute atomic E-state index is 4.78. The largest absolute Gasteiger partial charge is 0.333 e. The summed E-state index contributed by atoms with van der Waals surface area (Å²) in [6.45, 7) is 0. The van der Waals surface area contributed by atoms with E-state index >= 15 is 0 Å². The van der Waals surface area contributed by atoms with Gasteiger partial charge in [0, 0.05) is 51.8 Å². The molecule has 0 amide bonds. The van der Waals surface area contributed by atoms with Gasteiger partial charge in [0.05, 0.1) is 39.1 Å². The van der Waals surface area contributed by atoms with Crippen molar-refractivity contribution in [2.45, 2.75) is 12.0 Å². The lowest BCUT2D eigenvalue weighted by Gasteiger charge is -2.30. The minimum absolute atomic E-state index is 0.152. The quantitative estimate of drug-likeness (QED) is 0.210. The molecule has 4 aromatic carbocycles. The first-order chi connectivity index (χ1) is 22.3. The van der Waals surface area contributed by atoms with Crippen LogP contribution >= 0.6 is 0 Å². The number of anilines is 2. The van der Waals surface area contributed by atoms with E-state index in [4.69, 9.17) is 9.97 Å². The molecule has 2 unspecified atom stereocenters. The number of hydrogen-bond donors (Lipinski definition) is 0. The van der Waals surface area contributed by atoms with Gasteiger partial charge in [-0.3, -0.25) is 9.97 Å². The van der Waals surface area contributed by atoms with Crippen molar-refractivity contribution in [1.29, 1.82) is 0 Å². The van der Waals surface area contributed by atoms with Gasteiger partial charge in [-0.25, -0.2) is 0 Å². The van der Waals surface area contributed by atoms with Gasteiger partial charge in [-0.2, -0.15) is 0 Å². The summed E-state index contributed by atoms with van der Waals surface area (Å²) in [6.07, 6.45) is 10.9. The predicted octanol–water partition coefficient (Wildman–Crippen LogP) is 9.40. The molecule has 0 spiro atoms. The number of benzene rings is 4. The van der Waals surface area contributed by atoms with Crippen LogP contribution in [0.2, 0.25) is 0 Å². The Labute approximate surface area is 259 Å². The first kappa shape index (κ1) is 24.5. The van der Waals surface area contributed by atoms with E-state index in [0.29, 0.717) is 0 Å². The minimum Gasteiger partial charge on any atom is -0.333 e. The second-order valence-electron chi connectivity index (χ2n) is 11.9. The van der Waals surface area contributed by atoms with E-state index in [-0.39, 0.29) is 12.0 Å². The number of nitrogens with zero attached hydrogens (tertiary/aromatic N) is 5. The molecule has 4 aromatic heterocycles. The third-order valence-electron chi connectivity index (χ3n) is 9.52. The molecule has 45 heavy (non-hydrogen) atoms. The monoisotopic (exact) mass is 577 g/mol. The van der Waals surface area contributed by atoms with Crippen LogP contribution < -0.4 is 4.90 Å². The molecule has 10 rings (SSSR count). The summed E-state index contributed by atoms with van der Waals surface area (Å²) in [5.74, 6) is 0.152. The smallest absolute Gasteiger partial charge is 0.0963 e. The van der Waals surface area contributed by atoms with Gasteiger partial charge >= 0.3 is 0 Å². The second kappa shape index (κ2) is 9.28. The third kappa shape index (κ3) is 3.43. The zero-order valence-corrected chi connectivity index (χ0v) is 24.3. The van der Waals surface area contributed by atoms with Crippen molar-refractivity contribution in [2.24, 2.45) is 0 Å². The Bertz CT molecular complexity index is 2410. The first-order valence-corrected chi connectivity index (χ1v) is 15.4. The zero-order chi connectivity index (χ0) is 29.5. The summed E-state index contributed by atoms with van der Waals surface area (Å²) in [7, 11) is 0. The summed E-state index contributed by atoms with van der Waals surface area (Å²) in [5.41, 5.74) is 12.7. The number of allylic oxidation sites excluding steroid dienone is 2. The van der Waals surface area contributed by atoms with E-state index in [1.807, 2.05) is 24.5 Å². The van der Waals surface area contributed by atoms with Crippen LogP contribution in [-0.4, -0.2) is 25.1 Å². The molecule has 1 aliphatic carbocycles. The molecule has 5 heterocycles. The molecule has 0 saturated heterocycles. The van der Waals surface area contributed by atoms with Crippen molar-refractivity contribution in [2.75, 3.05) is 4.90 Å². The molecule has 8 aromatic rings. The van der Waals surface area contributed by atoms with Gasteiger partial charge < -0.3 is 14.0 Å². The van der Waals surface area contributed by atoms with Gasteiger partial charge in [-0.05, 0) is 78.4 Å². The Balaban J connectivity index is 1.21. The predicted molar refractivity (Wildman–Crippen MR) is 184 cm³/mol. The number of pyridine rings is 2. The number of aromatic nitrogens is 4. The van der Waals surface area contributed by atoms with Crippen molar-refractivity contribution in [1.82, 2.24) is 19.1 Å². The van der Waals surface area contributed by atoms with E-state index in [1.54, 1.807) is 0 Å². The van der Waals surface area contributed by atoms with Crippen molar-refractivity contribution >= 4 is 60.9 Å². The summed E-state index contributed by atoms with van der Waals surface area (Å²) >= 11 is 0. The van der Waals surface area contributed by atoms with Crippen LogP contribution in [0.3, 0.4) is 0 Å². The topological polar surface area (TPSA) is 38.9 Å². The van der Waals surface area contributed by atoms with Crippen LogP contribution in [0, 0.1) is 0 Å². The maximum atomic E-state index is 4.78. The standard InChI is InChI=1S/C40H27N5/c1-2-10-26(11-3-1)43-35-20-18-27(44-33-14-6-4-12-29(33)39-37(44)16-8-22-41-39)24-31(35)32-25-28(19-21-36(32)43)45-34-15-7-5-13-30(34)40-38(45)17-9-23-42-40/h1-25,31,35H. The van der Waals surface area contributed by atoms with E-state index in [2.05, 4.69) is 141 Å². The molecule has 0 fully saturated rings. The van der Waals surface area contributed by atoms with Crippen LogP contribution in [0.25, 0.3) is 55.3 Å². The van der Waals surface area contributed by atoms with Crippen molar-refractivity contribution in [3.8, 4) is 5.69 Å². The summed E-state index contributed by atoms with van der Waals surface area (Å²) in [6, 6.07) is 43.4. The molecular formula is C40H27N5. The van der Waals surface area contributed by atoms with E-state index in [1.165, 1.54) is 38.9 Å². The van der Waals surface area contributed by atoms with Crippen LogP contribution in [0.4, 0.5) is 11.4 Å². The molecule has 2 aliphatic rings. The molecule has 0 N–H and O–H groups in total. The van der Waals surface area contributed by atoms with Crippen molar-refractivity contribution in [3.63, 3.8) is 0 Å². The lowest BCUT2D eigenvalue weighted by atomic mass is 9.89. The molecule has 0 radical (unpaired) electrons. The fraction of sp³-hybridized carbons (Fsp3) is 0.0500. The zero-order valence-electron chi connectivity index (χ0n) is 24.3. The Hall–Kier alpha value is -5.94. The van der Waals surface area contributed by atoms with E-state index in [9.17, 15) is 0 Å². The number of para-hydroxylation sites is 3. The number of fused-ring (bicyclic) bond motifs is 9. The highest BCUT2D eigenvalue weighted by Crippen LogP contribution is 2.50. The molecule has 5 heteroatoms. The fourth-order valence-electron chi connectivity index (χ4n) is 7.68. The van der Waals surface area contributed by atoms with E-state index in [0.717, 1.165) is 33.3 Å². The first-order valence-electron chi connectivity index (χ1n) is 15.4. The van der Waals surface area contributed by atoms with Gasteiger partial charge in [0.1, 0.15) is 0 Å². The molecule has 0 bridgehead atoms. The highest BCUT2D eigenvalue weighted by molar-refractivity contribution is 6.09. The molecule has 1 aliphatic heterocycles. The molecule has 5 nitrogen and oxygen atoms in total. The number of rotatable bonds is 3. The average molecular weight is 578 g/mol. The van der Waals surface area contributed by atoms with Crippen LogP contribution in [0.1, 0.15) is 11.5 Å². The summed E-state index contributed by atoms with van der Waals surface area (Å²) in [4.78, 5) is 12.1. The van der Waals surface area contributed by atoms with Crippen molar-refractivity contribution in [3.05, 3.63) is 158 Å². The second-order valence-corrected chi connectivity index (χ2v) is 11.9. The Kier molecular flexibility index (Phi) is 5.05. The summed E-state index contributed by atoms with van der Waals surface area (Å²) in [5, 5.41) is 2.34. The van der Waals surface area contributed by atoms with Gasteiger partial charge in [0.2, 0.25) is 0 Å². The van der Waals surface area contributed by atoms with Crippen molar-refractivity contribution < 1.29 is 0 Å². The molecule has 2 atom stereocenters. The minimum atomic E-state index is 0.152. The Morgan fingerprint density at radius 2 is 1.16 bits per heavy atom. The molecule has 0 saturated carbocycles.